The van der Waals surface area contributed by atoms with E-state index in [1.165, 1.54) is 0 Å². The molecule has 3 amide bonds. The van der Waals surface area contributed by atoms with E-state index >= 15 is 0 Å². The first-order valence-electron chi connectivity index (χ1n) is 15.8. The van der Waals surface area contributed by atoms with Crippen LogP contribution in [0, 0.1) is 12.3 Å². The number of rotatable bonds is 17. The zero-order valence-electron chi connectivity index (χ0n) is 26.8. The Morgan fingerprint density at radius 3 is 2.16 bits per heavy atom. The fraction of sp³-hybridized carbons (Fsp3) is 0.528. The van der Waals surface area contributed by atoms with Crippen LogP contribution in [0.2, 0.25) is 0 Å². The van der Waals surface area contributed by atoms with Gasteiger partial charge in [-0.25, -0.2) is 4.79 Å². The highest BCUT2D eigenvalue weighted by molar-refractivity contribution is 5.92. The molecule has 7 heteroatoms. The van der Waals surface area contributed by atoms with Crippen LogP contribution < -0.4 is 10.6 Å². The molecule has 0 saturated heterocycles. The maximum Gasteiger partial charge on any atom is 0.408 e. The molecule has 0 aliphatic heterocycles. The molecular weight excluding hydrogens is 538 g/mol. The molecule has 2 atom stereocenters. The van der Waals surface area contributed by atoms with Gasteiger partial charge in [-0.15, -0.1) is 6.42 Å². The summed E-state index contributed by atoms with van der Waals surface area (Å²) >= 11 is 0. The second-order valence-electron chi connectivity index (χ2n) is 12.0. The number of ether oxygens (including phenoxy) is 1. The van der Waals surface area contributed by atoms with Crippen LogP contribution in [-0.2, 0) is 20.7 Å². The highest BCUT2D eigenvalue weighted by Gasteiger charge is 2.37. The third-order valence-electron chi connectivity index (χ3n) is 7.11. The molecule has 0 fully saturated rings. The number of amides is 3. The molecule has 2 aromatic rings. The fourth-order valence-electron chi connectivity index (χ4n) is 4.95. The third kappa shape index (κ3) is 12.5. The van der Waals surface area contributed by atoms with Crippen LogP contribution >= 0.6 is 0 Å². The van der Waals surface area contributed by atoms with Gasteiger partial charge in [-0.2, -0.15) is 0 Å². The minimum atomic E-state index is -0.957. The van der Waals surface area contributed by atoms with E-state index in [2.05, 4.69) is 30.4 Å². The number of alkyl carbamates (subject to hydrolysis) is 1. The van der Waals surface area contributed by atoms with Crippen molar-refractivity contribution in [3.05, 3.63) is 71.3 Å². The molecule has 7 nitrogen and oxygen atoms in total. The summed E-state index contributed by atoms with van der Waals surface area (Å²) in [5.41, 5.74) is 1.29. The smallest absolute Gasteiger partial charge is 0.408 e. The van der Waals surface area contributed by atoms with Gasteiger partial charge in [0, 0.05) is 25.1 Å². The number of unbranched alkanes of at least 4 members (excludes halogenated alkanes) is 6. The van der Waals surface area contributed by atoms with Crippen LogP contribution in [0.4, 0.5) is 4.79 Å². The van der Waals surface area contributed by atoms with Crippen molar-refractivity contribution >= 4 is 17.9 Å². The van der Waals surface area contributed by atoms with Crippen LogP contribution in [-0.4, -0.2) is 47.5 Å². The Hall–Kier alpha value is -3.79. The molecule has 43 heavy (non-hydrogen) atoms. The van der Waals surface area contributed by atoms with Crippen molar-refractivity contribution in [1.29, 1.82) is 0 Å². The predicted octanol–water partition coefficient (Wildman–Crippen LogP) is 6.95. The zero-order chi connectivity index (χ0) is 31.7. The van der Waals surface area contributed by atoms with Crippen LogP contribution in [0.15, 0.2) is 54.6 Å². The maximum absolute atomic E-state index is 14.6. The number of terminal acetylenes is 1. The molecule has 234 valence electrons. The average Bonchev–Trinajstić information content (AvgIpc) is 2.97. The zero-order valence-corrected chi connectivity index (χ0v) is 26.8. The fourth-order valence-corrected chi connectivity index (χ4v) is 4.95. The summed E-state index contributed by atoms with van der Waals surface area (Å²) in [6, 6.07) is 14.9. The van der Waals surface area contributed by atoms with Crippen molar-refractivity contribution in [3.8, 4) is 12.3 Å². The second-order valence-corrected chi connectivity index (χ2v) is 12.0. The number of hydrogen-bond acceptors (Lipinski definition) is 4. The van der Waals surface area contributed by atoms with E-state index in [0.717, 1.165) is 50.5 Å². The van der Waals surface area contributed by atoms with Crippen molar-refractivity contribution in [2.45, 2.75) is 110 Å². The molecule has 0 radical (unpaired) electrons. The topological polar surface area (TPSA) is 87.7 Å². The lowest BCUT2D eigenvalue weighted by Crippen LogP contribution is -2.54. The van der Waals surface area contributed by atoms with Crippen LogP contribution in [0.3, 0.4) is 0 Å². The monoisotopic (exact) mass is 589 g/mol. The Morgan fingerprint density at radius 1 is 0.884 bits per heavy atom. The maximum atomic E-state index is 14.6. The van der Waals surface area contributed by atoms with Gasteiger partial charge in [0.1, 0.15) is 17.7 Å². The summed E-state index contributed by atoms with van der Waals surface area (Å²) in [5, 5.41) is 5.88. The molecule has 0 spiro atoms. The van der Waals surface area contributed by atoms with E-state index in [0.29, 0.717) is 30.6 Å². The van der Waals surface area contributed by atoms with Gasteiger partial charge in [0.05, 0.1) is 0 Å². The second kappa shape index (κ2) is 18.7. The van der Waals surface area contributed by atoms with Gasteiger partial charge in [-0.3, -0.25) is 9.59 Å². The number of carbonyl (C=O) groups is 3. The number of carbonyl (C=O) groups excluding carboxylic acids is 3. The van der Waals surface area contributed by atoms with Gasteiger partial charge in [-0.1, -0.05) is 107 Å². The number of hydrogen-bond donors (Lipinski definition) is 2. The van der Waals surface area contributed by atoms with Gasteiger partial charge in [0.15, 0.2) is 0 Å². The third-order valence-corrected chi connectivity index (χ3v) is 7.11. The lowest BCUT2D eigenvalue weighted by molar-refractivity contribution is -0.142. The molecule has 0 aromatic heterocycles. The summed E-state index contributed by atoms with van der Waals surface area (Å²) in [6.07, 6.45) is 13.2. The Balaban J connectivity index is 2.56. The number of nitrogens with zero attached hydrogens (tertiary/aromatic N) is 1. The minimum Gasteiger partial charge on any atom is -0.444 e. The standard InChI is InChI=1S/C36H51N3O4/c1-7-10-12-13-20-26-39(32(33(40)37-25-19-11-8-2)30-24-18-17-23-29(30)9-3)34(41)31(27-28-21-15-14-16-22-28)38-35(42)43-36(4,5)6/h3,14-18,21-24,31-32H,7-8,10-13,19-20,25-27H2,1-2,4-6H3,(H,37,40)(H,38,42). The highest BCUT2D eigenvalue weighted by Crippen LogP contribution is 2.27. The quantitative estimate of drug-likeness (QED) is 0.154. The molecule has 2 unspecified atom stereocenters. The molecule has 2 rings (SSSR count). The summed E-state index contributed by atoms with van der Waals surface area (Å²) in [6.45, 7) is 10.4. The SMILES string of the molecule is C#Cc1ccccc1C(C(=O)NCCCCC)N(CCCCCCC)C(=O)C(Cc1ccccc1)NC(=O)OC(C)(C)C. The molecule has 0 aliphatic carbocycles. The molecular formula is C36H51N3O4. The van der Waals surface area contributed by atoms with E-state index in [9.17, 15) is 14.4 Å². The van der Waals surface area contributed by atoms with Crippen molar-refractivity contribution < 1.29 is 19.1 Å². The number of nitrogens with one attached hydrogen (secondary N) is 2. The predicted molar refractivity (Wildman–Crippen MR) is 173 cm³/mol. The Labute approximate surface area is 259 Å². The molecule has 0 aliphatic rings. The first kappa shape index (κ1) is 35.4. The lowest BCUT2D eigenvalue weighted by atomic mass is 9.96. The molecule has 0 saturated carbocycles. The molecule has 2 aromatic carbocycles. The Kier molecular flexibility index (Phi) is 15.4. The van der Waals surface area contributed by atoms with Crippen molar-refractivity contribution in [1.82, 2.24) is 15.5 Å². The van der Waals surface area contributed by atoms with Crippen molar-refractivity contribution in [3.63, 3.8) is 0 Å². The summed E-state index contributed by atoms with van der Waals surface area (Å²) in [4.78, 5) is 43.1. The van der Waals surface area contributed by atoms with Gasteiger partial charge in [0.2, 0.25) is 11.8 Å². The van der Waals surface area contributed by atoms with Gasteiger partial charge < -0.3 is 20.3 Å². The Morgan fingerprint density at radius 2 is 1.51 bits per heavy atom. The van der Waals surface area contributed by atoms with Crippen LogP contribution in [0.5, 0.6) is 0 Å². The average molecular weight is 590 g/mol. The van der Waals surface area contributed by atoms with E-state index in [1.807, 2.05) is 48.5 Å². The van der Waals surface area contributed by atoms with E-state index in [1.54, 1.807) is 31.7 Å². The van der Waals surface area contributed by atoms with Crippen molar-refractivity contribution in [2.75, 3.05) is 13.1 Å². The van der Waals surface area contributed by atoms with Crippen LogP contribution in [0.25, 0.3) is 0 Å². The first-order valence-corrected chi connectivity index (χ1v) is 15.8. The summed E-state index contributed by atoms with van der Waals surface area (Å²) < 4.78 is 5.54. The summed E-state index contributed by atoms with van der Waals surface area (Å²) in [5.74, 6) is 2.07. The first-order chi connectivity index (χ1) is 20.6. The lowest BCUT2D eigenvalue weighted by Gasteiger charge is -2.35. The summed E-state index contributed by atoms with van der Waals surface area (Å²) in [7, 11) is 0. The van der Waals surface area contributed by atoms with Gasteiger partial charge >= 0.3 is 6.09 Å². The highest BCUT2D eigenvalue weighted by atomic mass is 16.6. The normalized spacial score (nSPS) is 12.5. The van der Waals surface area contributed by atoms with E-state index < -0.39 is 23.8 Å². The molecule has 0 heterocycles. The van der Waals surface area contributed by atoms with Crippen LogP contribution in [0.1, 0.15) is 109 Å². The molecule has 2 N–H and O–H groups in total. The number of benzene rings is 2. The van der Waals surface area contributed by atoms with Crippen molar-refractivity contribution in [2.24, 2.45) is 0 Å². The molecule has 0 bridgehead atoms. The minimum absolute atomic E-state index is 0.243. The van der Waals surface area contributed by atoms with Gasteiger partial charge in [0.25, 0.3) is 0 Å². The van der Waals surface area contributed by atoms with E-state index in [-0.39, 0.29) is 18.2 Å². The van der Waals surface area contributed by atoms with E-state index in [4.69, 9.17) is 11.2 Å². The van der Waals surface area contributed by atoms with Gasteiger partial charge in [-0.05, 0) is 50.8 Å². The Bertz CT molecular complexity index is 1180. The largest absolute Gasteiger partial charge is 0.444 e.